The van der Waals surface area contributed by atoms with Gasteiger partial charge in [0, 0.05) is 11.8 Å². The summed E-state index contributed by atoms with van der Waals surface area (Å²) in [4.78, 5) is -2.77. The van der Waals surface area contributed by atoms with Crippen LogP contribution >= 0.6 is 104 Å². The first-order valence-corrected chi connectivity index (χ1v) is 8.86. The van der Waals surface area contributed by atoms with Crippen LogP contribution < -0.4 is 0 Å². The van der Waals surface area contributed by atoms with Crippen molar-refractivity contribution in [3.05, 3.63) is 10.1 Å². The fourth-order valence-electron chi connectivity index (χ4n) is 3.47. The summed E-state index contributed by atoms with van der Waals surface area (Å²) in [6.07, 6.45) is 0. The Labute approximate surface area is 155 Å². The third-order valence-corrected chi connectivity index (χ3v) is 10.5. The lowest BCUT2D eigenvalue weighted by Crippen LogP contribution is -2.48. The van der Waals surface area contributed by atoms with Gasteiger partial charge in [-0.1, -0.05) is 46.4 Å². The molecule has 108 valence electrons. The van der Waals surface area contributed by atoms with Crippen molar-refractivity contribution >= 4 is 104 Å². The van der Waals surface area contributed by atoms with Crippen molar-refractivity contribution < 1.29 is 0 Å². The zero-order valence-corrected chi connectivity index (χ0v) is 15.6. The Morgan fingerprint density at radius 3 is 1.26 bits per heavy atom. The molecule has 0 unspecified atom stereocenters. The van der Waals surface area contributed by atoms with E-state index >= 15 is 0 Å². The van der Waals surface area contributed by atoms with Crippen LogP contribution in [0.2, 0.25) is 0 Å². The molecule has 9 heteroatoms. The van der Waals surface area contributed by atoms with Crippen LogP contribution in [-0.4, -0.2) is 30.2 Å². The smallest absolute Gasteiger partial charge is 0.121 e. The molecule has 0 heterocycles. The topological polar surface area (TPSA) is 0 Å². The largest absolute Gasteiger partial charge is 0.166 e. The second-order valence-corrected chi connectivity index (χ2v) is 9.80. The summed E-state index contributed by atoms with van der Waals surface area (Å²) in [5.74, 6) is -0.910. The zero-order valence-electron chi connectivity index (χ0n) is 8.79. The van der Waals surface area contributed by atoms with E-state index in [2.05, 4.69) is 0 Å². The van der Waals surface area contributed by atoms with E-state index in [0.29, 0.717) is 0 Å². The van der Waals surface area contributed by atoms with E-state index in [0.717, 1.165) is 0 Å². The van der Waals surface area contributed by atoms with Crippen LogP contribution in [0.1, 0.15) is 0 Å². The maximum absolute atomic E-state index is 6.63. The van der Waals surface area contributed by atoms with Gasteiger partial charge in [0.05, 0.1) is 26.2 Å². The van der Waals surface area contributed by atoms with Crippen molar-refractivity contribution in [2.75, 3.05) is 0 Å². The number of fused-ring (bicyclic) bond motifs is 5. The van der Waals surface area contributed by atoms with Crippen molar-refractivity contribution in [2.45, 2.75) is 30.2 Å². The number of rotatable bonds is 0. The van der Waals surface area contributed by atoms with Gasteiger partial charge in [0.1, 0.15) is 9.75 Å². The van der Waals surface area contributed by atoms with E-state index in [1.165, 1.54) is 0 Å². The molecule has 3 aliphatic carbocycles. The van der Waals surface area contributed by atoms with Crippen molar-refractivity contribution in [3.8, 4) is 0 Å². The lowest BCUT2D eigenvalue weighted by atomic mass is 9.84. The zero-order chi connectivity index (χ0) is 14.5. The molecule has 0 aliphatic heterocycles. The van der Waals surface area contributed by atoms with Gasteiger partial charge in [-0.3, -0.25) is 0 Å². The van der Waals surface area contributed by atoms with Crippen molar-refractivity contribution in [3.63, 3.8) is 0 Å². The molecule has 0 amide bonds. The van der Waals surface area contributed by atoms with Crippen LogP contribution in [0.5, 0.6) is 0 Å². The molecule has 0 aromatic carbocycles. The monoisotopic (exact) mass is 440 g/mol. The molecule has 2 saturated carbocycles. The number of allylic oxidation sites excluding steroid dienone is 2. The first-order valence-electron chi connectivity index (χ1n) is 5.28. The molecular weight excluding hydrogens is 439 g/mol. The normalized spacial score (nSPS) is 58.9. The Kier molecular flexibility index (Phi) is 3.80. The summed E-state index contributed by atoms with van der Waals surface area (Å²) < 4.78 is -1.61. The van der Waals surface area contributed by atoms with Gasteiger partial charge in [-0.05, 0) is 0 Å². The summed E-state index contributed by atoms with van der Waals surface area (Å²) >= 11 is 57.4. The number of hydrogen-bond acceptors (Lipinski definition) is 0. The Bertz CT molecular complexity index is 447. The van der Waals surface area contributed by atoms with Gasteiger partial charge in [0.15, 0.2) is 4.33 Å². The first-order chi connectivity index (χ1) is 8.54. The Morgan fingerprint density at radius 2 is 0.947 bits per heavy atom. The minimum absolute atomic E-state index is 0.123. The molecule has 0 radical (unpaired) electrons. The predicted octanol–water partition coefficient (Wildman–Crippen LogP) is 5.90. The molecule has 19 heavy (non-hydrogen) atoms. The lowest BCUT2D eigenvalue weighted by molar-refractivity contribution is 0.388. The Hall–Kier alpha value is 2.35. The van der Waals surface area contributed by atoms with E-state index in [9.17, 15) is 0 Å². The Morgan fingerprint density at radius 1 is 0.632 bits per heavy atom. The number of halogens is 9. The van der Waals surface area contributed by atoms with Crippen LogP contribution in [0.4, 0.5) is 0 Å². The summed E-state index contributed by atoms with van der Waals surface area (Å²) in [5.41, 5.74) is 0. The third-order valence-electron chi connectivity index (χ3n) is 4.35. The maximum Gasteiger partial charge on any atom is 0.166 e. The summed E-state index contributed by atoms with van der Waals surface area (Å²) in [5, 5.41) is -1.38. The standard InChI is InChI=1S/C10H5Cl9/c11-3-1-2(4(12)5(3)13)9(17)7(15)6(14)8(1,16)10(9,18)19/h1-5H/t1-,2+,3+,4-,5-,8+,9-. The highest BCUT2D eigenvalue weighted by atomic mass is 35.5. The minimum atomic E-state index is -1.61. The molecule has 2 bridgehead atoms. The van der Waals surface area contributed by atoms with Gasteiger partial charge < -0.3 is 0 Å². The van der Waals surface area contributed by atoms with Crippen LogP contribution in [-0.2, 0) is 0 Å². The molecule has 3 aliphatic rings. The molecule has 7 atom stereocenters. The second-order valence-electron chi connectivity index (χ2n) is 5.01. The average molecular weight is 444 g/mol. The van der Waals surface area contributed by atoms with E-state index < -0.39 is 42.0 Å². The fourth-order valence-corrected chi connectivity index (χ4v) is 8.08. The molecule has 0 aromatic heterocycles. The van der Waals surface area contributed by atoms with Gasteiger partial charge in [0.25, 0.3) is 0 Å². The van der Waals surface area contributed by atoms with E-state index in [1.807, 2.05) is 0 Å². The molecule has 0 nitrogen and oxygen atoms in total. The fraction of sp³-hybridized carbons (Fsp3) is 0.800. The van der Waals surface area contributed by atoms with Crippen LogP contribution in [0.3, 0.4) is 0 Å². The molecule has 0 aromatic rings. The summed E-state index contributed by atoms with van der Waals surface area (Å²) in [7, 11) is 0. The highest BCUT2D eigenvalue weighted by Crippen LogP contribution is 2.79. The van der Waals surface area contributed by atoms with E-state index in [-0.39, 0.29) is 10.1 Å². The molecule has 0 spiro atoms. The SMILES string of the molecule is ClC1=C(Cl)[C@]2(Cl)[C@@H]3[C@@H](Cl)[C@H](Cl)[C@@H](Cl)[C@@H]3[C@@]1(Cl)C2(Cl)Cl. The molecule has 3 rings (SSSR count). The quantitative estimate of drug-likeness (QED) is 0.409. The number of hydrogen-bond donors (Lipinski definition) is 0. The summed E-state index contributed by atoms with van der Waals surface area (Å²) in [6.45, 7) is 0. The molecule has 0 saturated heterocycles. The molecule has 0 N–H and O–H groups in total. The van der Waals surface area contributed by atoms with Gasteiger partial charge in [-0.2, -0.15) is 0 Å². The van der Waals surface area contributed by atoms with E-state index in [4.69, 9.17) is 104 Å². The van der Waals surface area contributed by atoms with Crippen LogP contribution in [0, 0.1) is 11.8 Å². The minimum Gasteiger partial charge on any atom is -0.121 e. The van der Waals surface area contributed by atoms with Gasteiger partial charge in [0.2, 0.25) is 0 Å². The average Bonchev–Trinajstić information content (AvgIpc) is 2.69. The van der Waals surface area contributed by atoms with Gasteiger partial charge >= 0.3 is 0 Å². The molecule has 2 fully saturated rings. The first kappa shape index (κ1) is 16.2. The third kappa shape index (κ3) is 1.47. The second kappa shape index (κ2) is 4.46. The van der Waals surface area contributed by atoms with Crippen molar-refractivity contribution in [1.29, 1.82) is 0 Å². The van der Waals surface area contributed by atoms with Gasteiger partial charge in [-0.15, -0.1) is 58.0 Å². The Balaban J connectivity index is 2.29. The van der Waals surface area contributed by atoms with Crippen LogP contribution in [0.15, 0.2) is 10.1 Å². The maximum atomic E-state index is 6.63. The van der Waals surface area contributed by atoms with Crippen molar-refractivity contribution in [2.24, 2.45) is 11.8 Å². The van der Waals surface area contributed by atoms with Crippen LogP contribution in [0.25, 0.3) is 0 Å². The highest BCUT2D eigenvalue weighted by Gasteiger charge is 2.86. The van der Waals surface area contributed by atoms with E-state index in [1.54, 1.807) is 0 Å². The molecular formula is C10H5Cl9. The highest BCUT2D eigenvalue weighted by molar-refractivity contribution is 6.66. The lowest BCUT2D eigenvalue weighted by Gasteiger charge is -2.35. The van der Waals surface area contributed by atoms with Gasteiger partial charge in [-0.25, -0.2) is 0 Å². The number of alkyl halides is 7. The van der Waals surface area contributed by atoms with Crippen molar-refractivity contribution in [1.82, 2.24) is 0 Å². The predicted molar refractivity (Wildman–Crippen MR) is 86.2 cm³/mol. The summed E-state index contributed by atoms with van der Waals surface area (Å²) in [6, 6.07) is 0.